The fourth-order valence-corrected chi connectivity index (χ4v) is 5.06. The molecular weight excluding hydrogens is 318 g/mol. The molecule has 1 aliphatic heterocycles. The molecule has 0 atom stereocenters. The van der Waals surface area contributed by atoms with Crippen molar-refractivity contribution in [3.63, 3.8) is 0 Å². The Morgan fingerprint density at radius 3 is 2.48 bits per heavy atom. The highest BCUT2D eigenvalue weighted by Gasteiger charge is 2.31. The number of benzene rings is 3. The predicted molar refractivity (Wildman–Crippen MR) is 103 cm³/mol. The number of hydrogen-bond donors (Lipinski definition) is 0. The van der Waals surface area contributed by atoms with Gasteiger partial charge in [-0.05, 0) is 37.4 Å². The standard InChI is InChI=1S/C20H18NS2/c1-3-21-17-12-13-18(23-14-8-5-4-6-9-14)15-10-7-11-16(19(15)17)20(21)22-2/h4-13H,3H2,1-2H3/q+1. The molecule has 23 heavy (non-hydrogen) atoms. The Morgan fingerprint density at radius 2 is 1.74 bits per heavy atom. The largest absolute Gasteiger partial charge is 0.248 e. The van der Waals surface area contributed by atoms with E-state index in [1.54, 1.807) is 0 Å². The van der Waals surface area contributed by atoms with Crippen molar-refractivity contribution in [1.29, 1.82) is 0 Å². The second-order valence-corrected chi connectivity index (χ2v) is 7.39. The maximum atomic E-state index is 2.43. The summed E-state index contributed by atoms with van der Waals surface area (Å²) in [5.74, 6) is 0. The second kappa shape index (κ2) is 6.06. The highest BCUT2D eigenvalue weighted by Crippen LogP contribution is 2.42. The zero-order valence-corrected chi connectivity index (χ0v) is 14.9. The topological polar surface area (TPSA) is 3.01 Å². The third-order valence-electron chi connectivity index (χ3n) is 4.23. The zero-order chi connectivity index (χ0) is 15.8. The predicted octanol–water partition coefficient (Wildman–Crippen LogP) is 5.78. The smallest absolute Gasteiger partial charge is 0.186 e. The molecule has 1 nitrogen and oxygen atoms in total. The van der Waals surface area contributed by atoms with E-state index >= 15 is 0 Å². The lowest BCUT2D eigenvalue weighted by molar-refractivity contribution is -0.428. The highest BCUT2D eigenvalue weighted by atomic mass is 32.2. The van der Waals surface area contributed by atoms with E-state index in [9.17, 15) is 0 Å². The average Bonchev–Trinajstić information content (AvgIpc) is 2.92. The summed E-state index contributed by atoms with van der Waals surface area (Å²) in [6, 6.07) is 21.9. The first-order valence-corrected chi connectivity index (χ1v) is 9.85. The number of rotatable bonds is 3. The zero-order valence-electron chi connectivity index (χ0n) is 13.2. The molecule has 1 aliphatic rings. The van der Waals surface area contributed by atoms with E-state index in [0.717, 1.165) is 6.54 Å². The van der Waals surface area contributed by atoms with Gasteiger partial charge in [-0.15, -0.1) is 0 Å². The van der Waals surface area contributed by atoms with Crippen molar-refractivity contribution in [2.75, 3.05) is 12.8 Å². The molecule has 0 radical (unpaired) electrons. The number of nitrogens with zero attached hydrogens (tertiary/aromatic N) is 1. The van der Waals surface area contributed by atoms with Crippen LogP contribution in [0.2, 0.25) is 0 Å². The molecular formula is C20H18NS2+. The lowest BCUT2D eigenvalue weighted by Gasteiger charge is -2.07. The first-order chi connectivity index (χ1) is 11.3. The van der Waals surface area contributed by atoms with E-state index in [1.165, 1.54) is 36.9 Å². The maximum Gasteiger partial charge on any atom is 0.248 e. The normalized spacial score (nSPS) is 13.1. The molecule has 3 aromatic carbocycles. The molecule has 0 N–H and O–H groups in total. The lowest BCUT2D eigenvalue weighted by Crippen LogP contribution is -2.09. The van der Waals surface area contributed by atoms with E-state index in [2.05, 4.69) is 78.4 Å². The van der Waals surface area contributed by atoms with Gasteiger partial charge >= 0.3 is 0 Å². The Balaban J connectivity index is 1.90. The van der Waals surface area contributed by atoms with E-state index < -0.39 is 0 Å². The molecule has 0 unspecified atom stereocenters. The molecule has 0 saturated carbocycles. The van der Waals surface area contributed by atoms with Crippen molar-refractivity contribution in [3.05, 3.63) is 66.2 Å². The van der Waals surface area contributed by atoms with Crippen molar-refractivity contribution in [1.82, 2.24) is 0 Å². The van der Waals surface area contributed by atoms with Crippen LogP contribution < -0.4 is 0 Å². The molecule has 0 spiro atoms. The molecule has 4 rings (SSSR count). The van der Waals surface area contributed by atoms with Gasteiger partial charge in [-0.1, -0.05) is 53.9 Å². The molecule has 0 aliphatic carbocycles. The SMILES string of the molecule is CC[N+]1=C(SC)c2cccc3c(Sc4ccccc4)ccc1c23. The third-order valence-corrected chi connectivity index (χ3v) is 6.14. The summed E-state index contributed by atoms with van der Waals surface area (Å²) >= 11 is 3.69. The summed E-state index contributed by atoms with van der Waals surface area (Å²) in [6.45, 7) is 3.23. The highest BCUT2D eigenvalue weighted by molar-refractivity contribution is 8.13. The first-order valence-electron chi connectivity index (χ1n) is 7.81. The summed E-state index contributed by atoms with van der Waals surface area (Å²) in [7, 11) is 0. The van der Waals surface area contributed by atoms with Crippen LogP contribution in [0.5, 0.6) is 0 Å². The Morgan fingerprint density at radius 1 is 0.913 bits per heavy atom. The van der Waals surface area contributed by atoms with Crippen LogP contribution in [0.4, 0.5) is 5.69 Å². The Labute approximate surface area is 145 Å². The molecule has 0 amide bonds. The van der Waals surface area contributed by atoms with E-state index in [0.29, 0.717) is 0 Å². The van der Waals surface area contributed by atoms with Crippen LogP contribution in [0, 0.1) is 0 Å². The number of hydrogen-bond acceptors (Lipinski definition) is 2. The lowest BCUT2D eigenvalue weighted by atomic mass is 10.1. The summed E-state index contributed by atoms with van der Waals surface area (Å²) in [6.07, 6.45) is 2.17. The summed E-state index contributed by atoms with van der Waals surface area (Å²) in [5.41, 5.74) is 2.72. The van der Waals surface area contributed by atoms with Crippen molar-refractivity contribution in [3.8, 4) is 0 Å². The first kappa shape index (κ1) is 14.9. The Hall–Kier alpha value is -1.71. The fraction of sp³-hybridized carbons (Fsp3) is 0.150. The minimum absolute atomic E-state index is 1.01. The Bertz CT molecular complexity index is 893. The quantitative estimate of drug-likeness (QED) is 0.558. The van der Waals surface area contributed by atoms with Gasteiger partial charge in [-0.25, -0.2) is 0 Å². The minimum atomic E-state index is 1.01. The van der Waals surface area contributed by atoms with Gasteiger partial charge in [0.05, 0.1) is 10.9 Å². The van der Waals surface area contributed by atoms with Crippen LogP contribution in [0.3, 0.4) is 0 Å². The van der Waals surface area contributed by atoms with Crippen molar-refractivity contribution in [2.24, 2.45) is 0 Å². The molecule has 114 valence electrons. The van der Waals surface area contributed by atoms with Gasteiger partial charge in [0.1, 0.15) is 6.54 Å². The van der Waals surface area contributed by atoms with Crippen molar-refractivity contribution < 1.29 is 4.58 Å². The van der Waals surface area contributed by atoms with Crippen LogP contribution >= 0.6 is 23.5 Å². The Kier molecular flexibility index (Phi) is 3.92. The van der Waals surface area contributed by atoms with Crippen LogP contribution in [-0.2, 0) is 0 Å². The monoisotopic (exact) mass is 336 g/mol. The van der Waals surface area contributed by atoms with Crippen molar-refractivity contribution >= 4 is 45.0 Å². The van der Waals surface area contributed by atoms with E-state index in [4.69, 9.17) is 0 Å². The van der Waals surface area contributed by atoms with Crippen LogP contribution in [-0.4, -0.2) is 22.4 Å². The van der Waals surface area contributed by atoms with E-state index in [-0.39, 0.29) is 0 Å². The summed E-state index contributed by atoms with van der Waals surface area (Å²) < 4.78 is 2.43. The number of thioether (sulfide) groups is 1. The summed E-state index contributed by atoms with van der Waals surface area (Å²) in [4.78, 5) is 2.61. The fourth-order valence-electron chi connectivity index (χ4n) is 3.26. The summed E-state index contributed by atoms with van der Waals surface area (Å²) in [5, 5.41) is 4.13. The van der Waals surface area contributed by atoms with Gasteiger partial charge in [0.15, 0.2) is 0 Å². The average molecular weight is 337 g/mol. The van der Waals surface area contributed by atoms with Gasteiger partial charge < -0.3 is 0 Å². The van der Waals surface area contributed by atoms with Gasteiger partial charge in [0, 0.05) is 21.2 Å². The van der Waals surface area contributed by atoms with Gasteiger partial charge in [0.2, 0.25) is 10.7 Å². The molecule has 3 heteroatoms. The third kappa shape index (κ3) is 2.39. The molecule has 0 fully saturated rings. The van der Waals surface area contributed by atoms with Crippen molar-refractivity contribution in [2.45, 2.75) is 16.7 Å². The molecule has 0 aromatic heterocycles. The van der Waals surface area contributed by atoms with Gasteiger partial charge in [-0.2, -0.15) is 4.58 Å². The van der Waals surface area contributed by atoms with Crippen LogP contribution in [0.25, 0.3) is 10.8 Å². The van der Waals surface area contributed by atoms with Crippen LogP contribution in [0.1, 0.15) is 12.5 Å². The second-order valence-electron chi connectivity index (χ2n) is 5.48. The maximum absolute atomic E-state index is 2.43. The molecule has 0 saturated heterocycles. The molecule has 3 aromatic rings. The van der Waals surface area contributed by atoms with E-state index in [1.807, 2.05) is 23.5 Å². The molecule has 1 heterocycles. The van der Waals surface area contributed by atoms with Gasteiger partial charge in [0.25, 0.3) is 0 Å². The van der Waals surface area contributed by atoms with Crippen LogP contribution in [0.15, 0.2) is 70.5 Å². The van der Waals surface area contributed by atoms with Gasteiger partial charge in [-0.3, -0.25) is 0 Å². The molecule has 0 bridgehead atoms. The minimum Gasteiger partial charge on any atom is -0.186 e.